The van der Waals surface area contributed by atoms with Crippen molar-refractivity contribution in [2.45, 2.75) is 0 Å². The Hall–Kier alpha value is -7.54. The van der Waals surface area contributed by atoms with Crippen LogP contribution in [0.15, 0.2) is 91.0 Å². The molecule has 7 aromatic rings. The van der Waals surface area contributed by atoms with Gasteiger partial charge in [-0.25, -0.2) is 0 Å². The minimum atomic E-state index is -9.32. The average Bonchev–Trinajstić information content (AvgIpc) is 3.87. The first-order valence-corrected chi connectivity index (χ1v) is 22.8. The van der Waals surface area contributed by atoms with Crippen LogP contribution in [0.1, 0.15) is 0 Å². The molecule has 2 aliphatic rings. The van der Waals surface area contributed by atoms with Crippen LogP contribution in [0.4, 0.5) is 0 Å². The van der Waals surface area contributed by atoms with Crippen LogP contribution in [-0.4, -0.2) is 54.5 Å². The van der Waals surface area contributed by atoms with E-state index >= 15 is 0 Å². The Morgan fingerprint density at radius 2 is 0.755 bits per heavy atom. The number of fused-ring (bicyclic) bond motifs is 20. The van der Waals surface area contributed by atoms with E-state index < -0.39 is 44.4 Å². The van der Waals surface area contributed by atoms with Crippen molar-refractivity contribution in [3.05, 3.63) is 131 Å². The van der Waals surface area contributed by atoms with Gasteiger partial charge in [0, 0.05) is 0 Å². The number of nitro groups is 4. The fourth-order valence-electron chi connectivity index (χ4n) is 7.41. The molecule has 2 aliphatic heterocycles. The molecule has 255 valence electrons. The third-order valence-electron chi connectivity index (χ3n) is 10.2. The van der Waals surface area contributed by atoms with Gasteiger partial charge in [-0.3, -0.25) is 0 Å². The molecule has 0 aliphatic carbocycles. The molecule has 0 amide bonds. The predicted octanol–water partition coefficient (Wildman–Crippen LogP) is 4.95. The second kappa shape index (κ2) is 10.7. The summed E-state index contributed by atoms with van der Waals surface area (Å²) in [6, 6.07) is 24.2. The number of nitrogens with zero attached hydrogens (tertiary/aromatic N) is 10. The van der Waals surface area contributed by atoms with Crippen molar-refractivity contribution >= 4 is 48.3 Å². The van der Waals surface area contributed by atoms with E-state index in [9.17, 15) is 40.5 Å². The Labute approximate surface area is 293 Å². The van der Waals surface area contributed by atoms with Gasteiger partial charge < -0.3 is 0 Å². The Balaban J connectivity index is 1.55. The summed E-state index contributed by atoms with van der Waals surface area (Å²) in [7, 11) is 0. The Kier molecular flexibility index (Phi) is 6.37. The topological polar surface area (TPSA) is 281 Å². The molecule has 20 nitrogen and oxygen atoms in total. The first-order chi connectivity index (χ1) is 25.5. The van der Waals surface area contributed by atoms with E-state index in [1.807, 2.05) is 24.3 Å². The van der Waals surface area contributed by atoms with Gasteiger partial charge in [-0.15, -0.1) is 0 Å². The van der Waals surface area contributed by atoms with E-state index in [1.165, 1.54) is 6.07 Å². The van der Waals surface area contributed by atoms with Crippen LogP contribution in [0.2, 0.25) is 0 Å². The molecular formula is C32H17N12O8Zn. The number of H-pyrrole nitrogens is 2. The molecular weight excluding hydrogens is 746 g/mol. The summed E-state index contributed by atoms with van der Waals surface area (Å²) >= 11 is -9.32. The van der Waals surface area contributed by atoms with Gasteiger partial charge >= 0.3 is 288 Å². The number of hydrogen-bond donors (Lipinski definition) is 2. The van der Waals surface area contributed by atoms with Gasteiger partial charge in [0.25, 0.3) is 0 Å². The summed E-state index contributed by atoms with van der Waals surface area (Å²) < 4.78 is -8.98. The quantitative estimate of drug-likeness (QED) is 0.133. The molecule has 5 heterocycles. The molecule has 9 rings (SSSR count). The SMILES string of the molecule is O=[N+]([O-])[Zn]([c]1cccc2c3nc4nc(nc5[nH]c(nc6nc(nc([nH]3)c12)-c1ccccc1-6)c1ccccc51)-c1ccccc1-4)([N+](=O)[O-])([N+](=O)[O-])[N+](=O)[O-]. The van der Waals surface area contributed by atoms with Crippen molar-refractivity contribution in [2.24, 2.45) is 0 Å². The summed E-state index contributed by atoms with van der Waals surface area (Å²) in [6.07, 6.45) is 0. The summed E-state index contributed by atoms with van der Waals surface area (Å²) in [4.78, 5) is 85.3. The average molecular weight is 763 g/mol. The van der Waals surface area contributed by atoms with Crippen LogP contribution >= 0.6 is 0 Å². The summed E-state index contributed by atoms with van der Waals surface area (Å²) in [5.41, 5.74) is 2.28. The number of benzene rings is 4. The van der Waals surface area contributed by atoms with E-state index in [0.29, 0.717) is 45.0 Å². The van der Waals surface area contributed by atoms with Crippen LogP contribution in [0, 0.1) is 40.5 Å². The second-order valence-electron chi connectivity index (χ2n) is 12.9. The van der Waals surface area contributed by atoms with E-state index in [4.69, 9.17) is 9.97 Å². The van der Waals surface area contributed by atoms with E-state index in [-0.39, 0.29) is 34.3 Å². The van der Waals surface area contributed by atoms with Crippen LogP contribution < -0.4 is 4.16 Å². The number of hydrogen-bond acceptors (Lipinski definition) is 14. The van der Waals surface area contributed by atoms with Gasteiger partial charge in [0.2, 0.25) is 0 Å². The van der Waals surface area contributed by atoms with E-state index in [0.717, 1.165) is 11.5 Å². The molecule has 8 bridgehead atoms. The predicted molar refractivity (Wildman–Crippen MR) is 184 cm³/mol. The van der Waals surface area contributed by atoms with Gasteiger partial charge in [0.05, 0.1) is 0 Å². The minimum absolute atomic E-state index is 0.0454. The normalized spacial score (nSPS) is 12.3. The Bertz CT molecular complexity index is 2960. The fourth-order valence-corrected chi connectivity index (χ4v) is 15.4. The summed E-state index contributed by atoms with van der Waals surface area (Å²) in [6.45, 7) is 0. The molecule has 0 spiro atoms. The first-order valence-electron chi connectivity index (χ1n) is 16.0. The van der Waals surface area contributed by atoms with Crippen LogP contribution in [-0.2, 0) is 14.6 Å². The molecule has 4 aromatic carbocycles. The van der Waals surface area contributed by atoms with Crippen molar-refractivity contribution in [2.75, 3.05) is 0 Å². The molecule has 0 saturated carbocycles. The molecule has 0 radical (unpaired) electrons. The van der Waals surface area contributed by atoms with Crippen LogP contribution in [0.25, 0.3) is 89.7 Å². The van der Waals surface area contributed by atoms with Crippen molar-refractivity contribution in [1.29, 1.82) is 0 Å². The van der Waals surface area contributed by atoms with Gasteiger partial charge in [-0.2, -0.15) is 0 Å². The number of aromatic nitrogens is 8. The van der Waals surface area contributed by atoms with Gasteiger partial charge in [-0.1, -0.05) is 6.07 Å². The monoisotopic (exact) mass is 761 g/mol. The van der Waals surface area contributed by atoms with Crippen molar-refractivity contribution in [3.8, 4) is 45.6 Å². The summed E-state index contributed by atoms with van der Waals surface area (Å²) in [5, 5.41) is 51.6. The second-order valence-corrected chi connectivity index (χ2v) is 25.0. The van der Waals surface area contributed by atoms with Gasteiger partial charge in [0.1, 0.15) is 0 Å². The van der Waals surface area contributed by atoms with Crippen molar-refractivity contribution in [3.63, 3.8) is 0 Å². The molecule has 0 unspecified atom stereocenters. The van der Waals surface area contributed by atoms with Crippen LogP contribution in [0.3, 0.4) is 0 Å². The van der Waals surface area contributed by atoms with E-state index in [2.05, 4.69) is 29.9 Å². The fraction of sp³-hybridized carbons (Fsp3) is 0. The third kappa shape index (κ3) is 3.90. The zero-order valence-corrected chi connectivity index (χ0v) is 29.6. The van der Waals surface area contributed by atoms with Crippen LogP contribution in [0.5, 0.6) is 0 Å². The molecule has 21 heteroatoms. The Morgan fingerprint density at radius 1 is 0.415 bits per heavy atom. The number of aromatic amines is 2. The standard InChI is InChI=1S/C32H17N8.4NO2.Zn/c1-2-10-18-17(9-1)25-33-26(18)38-28-21-13-5-6-14-22(21)30(35-28)40-32-24-16-8-7-15-23(24)31(36-32)39-29-20-12-4-3-11-19(20)27(34-29)37-25;4*2-1-3;/h1-15H,(H2,33,34,35,36,37,38,39,40);;;;;. The molecule has 0 atom stereocenters. The van der Waals surface area contributed by atoms with Crippen molar-refractivity contribution in [1.82, 2.24) is 39.9 Å². The molecule has 0 saturated heterocycles. The Morgan fingerprint density at radius 3 is 1.17 bits per heavy atom. The third-order valence-corrected chi connectivity index (χ3v) is 22.3. The zero-order valence-electron chi connectivity index (χ0n) is 26.6. The number of nitrogens with one attached hydrogen (secondary N) is 2. The maximum absolute atomic E-state index is 12.7. The van der Waals surface area contributed by atoms with Crippen molar-refractivity contribution < 1.29 is 29.2 Å². The molecule has 0 fully saturated rings. The zero-order chi connectivity index (χ0) is 36.8. The first kappa shape index (κ1) is 31.4. The van der Waals surface area contributed by atoms with Gasteiger partial charge in [0.15, 0.2) is 0 Å². The molecule has 3 aromatic heterocycles. The summed E-state index contributed by atoms with van der Waals surface area (Å²) in [5.74, 6) is 0.477. The molecule has 53 heavy (non-hydrogen) atoms. The van der Waals surface area contributed by atoms with E-state index in [1.54, 1.807) is 48.5 Å². The number of rotatable bonds is 5. The molecule has 2 N–H and O–H groups in total. The van der Waals surface area contributed by atoms with Gasteiger partial charge in [-0.05, 0) is 0 Å². The maximum atomic E-state index is 12.7.